The highest BCUT2D eigenvalue weighted by atomic mass is 15.3. The lowest BCUT2D eigenvalue weighted by Crippen LogP contribution is -2.60. The zero-order valence-corrected chi connectivity index (χ0v) is 13.9. The van der Waals surface area contributed by atoms with E-state index in [1.165, 1.54) is 64.5 Å². The average Bonchev–Trinajstić information content (AvgIpc) is 2.48. The smallest absolute Gasteiger partial charge is 0.0332 e. The standard InChI is InChI=1S/C17H35N3/c1-4-6-15-8-10-17(14-18,11-9-15)20(3)16-7-5-12-19(2)13-16/h15-16H,4-14,18H2,1-3H3. The van der Waals surface area contributed by atoms with Gasteiger partial charge in [0.2, 0.25) is 0 Å². The molecular weight excluding hydrogens is 246 g/mol. The Bertz CT molecular complexity index is 284. The van der Waals surface area contributed by atoms with Gasteiger partial charge in [-0.25, -0.2) is 0 Å². The maximum absolute atomic E-state index is 6.24. The Morgan fingerprint density at radius 3 is 2.50 bits per heavy atom. The van der Waals surface area contributed by atoms with Gasteiger partial charge < -0.3 is 10.6 Å². The van der Waals surface area contributed by atoms with Gasteiger partial charge in [-0.1, -0.05) is 19.8 Å². The van der Waals surface area contributed by atoms with Crippen molar-refractivity contribution in [1.82, 2.24) is 9.80 Å². The van der Waals surface area contributed by atoms with E-state index in [1.807, 2.05) is 0 Å². The van der Waals surface area contributed by atoms with Crippen molar-refractivity contribution in [3.05, 3.63) is 0 Å². The SMILES string of the molecule is CCCC1CCC(CN)(N(C)C2CCCN(C)C2)CC1. The first-order chi connectivity index (χ1) is 9.61. The highest BCUT2D eigenvalue weighted by molar-refractivity contribution is 4.98. The van der Waals surface area contributed by atoms with Crippen molar-refractivity contribution >= 4 is 0 Å². The quantitative estimate of drug-likeness (QED) is 0.841. The number of nitrogens with zero attached hydrogens (tertiary/aromatic N) is 2. The van der Waals surface area contributed by atoms with Crippen LogP contribution in [0.2, 0.25) is 0 Å². The van der Waals surface area contributed by atoms with E-state index in [9.17, 15) is 0 Å². The van der Waals surface area contributed by atoms with Gasteiger partial charge in [-0.2, -0.15) is 0 Å². The molecule has 0 aromatic carbocycles. The summed E-state index contributed by atoms with van der Waals surface area (Å²) in [5.41, 5.74) is 6.53. The number of piperidine rings is 1. The Morgan fingerprint density at radius 2 is 1.95 bits per heavy atom. The molecule has 0 aromatic heterocycles. The fraction of sp³-hybridized carbons (Fsp3) is 1.00. The number of likely N-dealkylation sites (tertiary alicyclic amines) is 1. The van der Waals surface area contributed by atoms with Crippen molar-refractivity contribution < 1.29 is 0 Å². The first-order valence-electron chi connectivity index (χ1n) is 8.73. The number of nitrogens with two attached hydrogens (primary N) is 1. The van der Waals surface area contributed by atoms with E-state index in [0.29, 0.717) is 6.04 Å². The van der Waals surface area contributed by atoms with Gasteiger partial charge in [-0.3, -0.25) is 4.90 Å². The van der Waals surface area contributed by atoms with Crippen molar-refractivity contribution in [3.8, 4) is 0 Å². The van der Waals surface area contributed by atoms with Crippen LogP contribution in [0.3, 0.4) is 0 Å². The van der Waals surface area contributed by atoms with Crippen LogP contribution in [-0.2, 0) is 0 Å². The highest BCUT2D eigenvalue weighted by Gasteiger charge is 2.40. The van der Waals surface area contributed by atoms with E-state index in [2.05, 4.69) is 30.8 Å². The van der Waals surface area contributed by atoms with E-state index in [-0.39, 0.29) is 5.54 Å². The normalized spacial score (nSPS) is 36.5. The van der Waals surface area contributed by atoms with E-state index < -0.39 is 0 Å². The molecule has 2 rings (SSSR count). The van der Waals surface area contributed by atoms with E-state index in [0.717, 1.165) is 12.5 Å². The molecule has 20 heavy (non-hydrogen) atoms. The van der Waals surface area contributed by atoms with Gasteiger partial charge in [0, 0.05) is 24.7 Å². The Morgan fingerprint density at radius 1 is 1.25 bits per heavy atom. The molecule has 2 fully saturated rings. The summed E-state index contributed by atoms with van der Waals surface area (Å²) in [5, 5.41) is 0. The second-order valence-electron chi connectivity index (χ2n) is 7.33. The summed E-state index contributed by atoms with van der Waals surface area (Å²) in [6.07, 6.45) is 10.8. The van der Waals surface area contributed by atoms with Crippen LogP contribution in [0.4, 0.5) is 0 Å². The number of likely N-dealkylation sites (N-methyl/N-ethyl adjacent to an activating group) is 2. The molecule has 1 atom stereocenters. The maximum Gasteiger partial charge on any atom is 0.0332 e. The minimum absolute atomic E-state index is 0.285. The van der Waals surface area contributed by atoms with Crippen molar-refractivity contribution in [3.63, 3.8) is 0 Å². The summed E-state index contributed by atoms with van der Waals surface area (Å²) < 4.78 is 0. The minimum Gasteiger partial charge on any atom is -0.329 e. The fourth-order valence-corrected chi connectivity index (χ4v) is 4.46. The van der Waals surface area contributed by atoms with Crippen LogP contribution in [-0.4, -0.2) is 55.1 Å². The van der Waals surface area contributed by atoms with Gasteiger partial charge in [-0.15, -0.1) is 0 Å². The third kappa shape index (κ3) is 3.55. The lowest BCUT2D eigenvalue weighted by atomic mass is 9.73. The van der Waals surface area contributed by atoms with Crippen LogP contribution >= 0.6 is 0 Å². The van der Waals surface area contributed by atoms with Crippen LogP contribution in [0.5, 0.6) is 0 Å². The summed E-state index contributed by atoms with van der Waals surface area (Å²) in [5.74, 6) is 0.960. The Balaban J connectivity index is 1.96. The second kappa shape index (κ2) is 7.24. The zero-order chi connectivity index (χ0) is 14.6. The van der Waals surface area contributed by atoms with Gasteiger partial charge in [0.05, 0.1) is 0 Å². The van der Waals surface area contributed by atoms with Crippen molar-refractivity contribution in [2.24, 2.45) is 11.7 Å². The zero-order valence-electron chi connectivity index (χ0n) is 13.9. The van der Waals surface area contributed by atoms with Gasteiger partial charge in [-0.05, 0) is 65.1 Å². The highest BCUT2D eigenvalue weighted by Crippen LogP contribution is 2.38. The Hall–Kier alpha value is -0.120. The van der Waals surface area contributed by atoms with Crippen LogP contribution in [0.1, 0.15) is 58.3 Å². The fourth-order valence-electron chi connectivity index (χ4n) is 4.46. The first kappa shape index (κ1) is 16.3. The van der Waals surface area contributed by atoms with E-state index in [1.54, 1.807) is 0 Å². The molecule has 0 spiro atoms. The number of hydrogen-bond donors (Lipinski definition) is 1. The summed E-state index contributed by atoms with van der Waals surface area (Å²) in [6, 6.07) is 0.708. The lowest BCUT2D eigenvalue weighted by molar-refractivity contribution is 0.00430. The average molecular weight is 281 g/mol. The molecule has 118 valence electrons. The predicted molar refractivity (Wildman–Crippen MR) is 86.9 cm³/mol. The maximum atomic E-state index is 6.24. The summed E-state index contributed by atoms with van der Waals surface area (Å²) in [4.78, 5) is 5.16. The molecule has 1 heterocycles. The predicted octanol–water partition coefficient (Wildman–Crippen LogP) is 2.70. The molecular formula is C17H35N3. The van der Waals surface area contributed by atoms with Gasteiger partial charge >= 0.3 is 0 Å². The van der Waals surface area contributed by atoms with Gasteiger partial charge in [0.15, 0.2) is 0 Å². The molecule has 1 saturated carbocycles. The topological polar surface area (TPSA) is 32.5 Å². The summed E-state index contributed by atoms with van der Waals surface area (Å²) in [6.45, 7) is 5.63. The van der Waals surface area contributed by atoms with E-state index >= 15 is 0 Å². The monoisotopic (exact) mass is 281 g/mol. The van der Waals surface area contributed by atoms with Crippen molar-refractivity contribution in [2.45, 2.75) is 69.9 Å². The van der Waals surface area contributed by atoms with Gasteiger partial charge in [0.1, 0.15) is 0 Å². The summed E-state index contributed by atoms with van der Waals surface area (Å²) in [7, 11) is 4.60. The molecule has 3 nitrogen and oxygen atoms in total. The second-order valence-corrected chi connectivity index (χ2v) is 7.33. The van der Waals surface area contributed by atoms with Crippen LogP contribution in [0.15, 0.2) is 0 Å². The molecule has 0 bridgehead atoms. The molecule has 1 unspecified atom stereocenters. The lowest BCUT2D eigenvalue weighted by Gasteiger charge is -2.51. The third-order valence-electron chi connectivity index (χ3n) is 6.01. The van der Waals surface area contributed by atoms with Crippen LogP contribution in [0, 0.1) is 5.92 Å². The third-order valence-corrected chi connectivity index (χ3v) is 6.01. The Kier molecular flexibility index (Phi) is 5.88. The van der Waals surface area contributed by atoms with Crippen LogP contribution < -0.4 is 5.73 Å². The molecule has 3 heteroatoms. The molecule has 0 radical (unpaired) electrons. The number of hydrogen-bond acceptors (Lipinski definition) is 3. The minimum atomic E-state index is 0.285. The largest absolute Gasteiger partial charge is 0.329 e. The Labute approximate surface area is 125 Å². The molecule has 2 N–H and O–H groups in total. The molecule has 2 aliphatic rings. The molecule has 0 aromatic rings. The van der Waals surface area contributed by atoms with Crippen molar-refractivity contribution in [1.29, 1.82) is 0 Å². The first-order valence-corrected chi connectivity index (χ1v) is 8.73. The molecule has 1 aliphatic carbocycles. The molecule has 1 aliphatic heterocycles. The van der Waals surface area contributed by atoms with Crippen molar-refractivity contribution in [2.75, 3.05) is 33.7 Å². The van der Waals surface area contributed by atoms with E-state index in [4.69, 9.17) is 5.73 Å². The number of rotatable bonds is 5. The van der Waals surface area contributed by atoms with Crippen LogP contribution in [0.25, 0.3) is 0 Å². The molecule has 1 saturated heterocycles. The summed E-state index contributed by atoms with van der Waals surface area (Å²) >= 11 is 0. The van der Waals surface area contributed by atoms with Gasteiger partial charge in [0.25, 0.3) is 0 Å². The molecule has 0 amide bonds.